The summed E-state index contributed by atoms with van der Waals surface area (Å²) in [6, 6.07) is 1.79. The van der Waals surface area contributed by atoms with Crippen LogP contribution in [0.5, 0.6) is 0 Å². The van der Waals surface area contributed by atoms with Crippen molar-refractivity contribution in [3.05, 3.63) is 60.2 Å². The number of rotatable bonds is 3. The predicted octanol–water partition coefficient (Wildman–Crippen LogP) is 4.18. The molecule has 2 unspecified atom stereocenters. The third-order valence-corrected chi connectivity index (χ3v) is 5.73. The fourth-order valence-electron chi connectivity index (χ4n) is 3.08. The number of aryl methyl sites for hydroxylation is 1. The fraction of sp³-hybridized carbons (Fsp3) is 0.381. The van der Waals surface area contributed by atoms with Gasteiger partial charge >= 0.3 is 6.18 Å². The number of aliphatic hydroxyl groups is 1. The number of nitrogens with zero attached hydrogens (tertiary/aromatic N) is 1. The minimum Gasteiger partial charge on any atom is -0.395 e. The summed E-state index contributed by atoms with van der Waals surface area (Å²) < 4.78 is 68.6. The molecule has 2 atom stereocenters. The quantitative estimate of drug-likeness (QED) is 0.458. The third-order valence-electron chi connectivity index (χ3n) is 4.43. The largest absolute Gasteiger partial charge is 0.419 e. The van der Waals surface area contributed by atoms with Crippen LogP contribution in [0.1, 0.15) is 41.9 Å². The summed E-state index contributed by atoms with van der Waals surface area (Å²) in [4.78, 5) is 13.1. The molecule has 3 rings (SSSR count). The van der Waals surface area contributed by atoms with Gasteiger partial charge in [0.2, 0.25) is 0 Å². The SMILES string of the molecule is C=C.CC.Cn1cc2c(c1C(=O)Nc1ccc(F)c(C(F)(F)F)c1)CCC(CO)NS2=O. The number of aliphatic hydroxyl groups excluding tert-OH is 1. The maximum atomic E-state index is 13.4. The first-order valence-corrected chi connectivity index (χ1v) is 10.9. The number of hydrogen-bond donors (Lipinski definition) is 3. The minimum absolute atomic E-state index is 0.140. The molecule has 1 aliphatic rings. The highest BCUT2D eigenvalue weighted by Gasteiger charge is 2.34. The summed E-state index contributed by atoms with van der Waals surface area (Å²) in [5.41, 5.74) is -1.07. The number of alkyl halides is 3. The molecule has 1 aromatic carbocycles. The van der Waals surface area contributed by atoms with Crippen molar-refractivity contribution in [2.45, 2.75) is 43.8 Å². The van der Waals surface area contributed by atoms with Crippen molar-refractivity contribution in [3.63, 3.8) is 0 Å². The number of hydrogen-bond acceptors (Lipinski definition) is 3. The van der Waals surface area contributed by atoms with Gasteiger partial charge in [-0.25, -0.2) is 13.3 Å². The Bertz CT molecular complexity index is 960. The van der Waals surface area contributed by atoms with Crippen LogP contribution in [0.2, 0.25) is 0 Å². The molecule has 1 aliphatic heterocycles. The Morgan fingerprint density at radius 2 is 1.97 bits per heavy atom. The van der Waals surface area contributed by atoms with Gasteiger partial charge in [0.1, 0.15) is 22.5 Å². The average molecular weight is 478 g/mol. The fourth-order valence-corrected chi connectivity index (χ4v) is 4.38. The molecular weight excluding hydrogens is 450 g/mol. The van der Waals surface area contributed by atoms with Gasteiger partial charge in [-0.2, -0.15) is 13.2 Å². The smallest absolute Gasteiger partial charge is 0.395 e. The zero-order valence-corrected chi connectivity index (χ0v) is 18.9. The molecule has 1 aromatic heterocycles. The summed E-state index contributed by atoms with van der Waals surface area (Å²) in [5.74, 6) is -2.14. The number of carbonyl (C=O) groups is 1. The van der Waals surface area contributed by atoms with Crippen LogP contribution in [0, 0.1) is 5.82 Å². The van der Waals surface area contributed by atoms with Crippen molar-refractivity contribution < 1.29 is 31.7 Å². The average Bonchev–Trinajstić information content (AvgIpc) is 3.02. The van der Waals surface area contributed by atoms with Crippen LogP contribution in [0.3, 0.4) is 0 Å². The zero-order valence-electron chi connectivity index (χ0n) is 18.1. The Balaban J connectivity index is 0.00000121. The molecule has 1 amide bonds. The molecule has 0 saturated heterocycles. The van der Waals surface area contributed by atoms with Crippen LogP contribution in [0.25, 0.3) is 0 Å². The monoisotopic (exact) mass is 477 g/mol. The molecule has 2 aromatic rings. The molecular formula is C21H27F4N3O3S. The Morgan fingerprint density at radius 1 is 1.34 bits per heavy atom. The van der Waals surface area contributed by atoms with Gasteiger partial charge in [0.25, 0.3) is 5.91 Å². The summed E-state index contributed by atoms with van der Waals surface area (Å²) in [6.45, 7) is 9.78. The van der Waals surface area contributed by atoms with Crippen LogP contribution in [0.15, 0.2) is 42.4 Å². The molecule has 0 radical (unpaired) electrons. The van der Waals surface area contributed by atoms with E-state index in [1.165, 1.54) is 10.8 Å². The second-order valence-corrected chi connectivity index (χ2v) is 7.60. The molecule has 0 saturated carbocycles. The number of amides is 1. The van der Waals surface area contributed by atoms with Crippen LogP contribution in [0.4, 0.5) is 23.2 Å². The highest BCUT2D eigenvalue weighted by atomic mass is 32.2. The predicted molar refractivity (Wildman–Crippen MR) is 116 cm³/mol. The first-order valence-electron chi connectivity index (χ1n) is 9.77. The van der Waals surface area contributed by atoms with Crippen LogP contribution < -0.4 is 10.0 Å². The van der Waals surface area contributed by atoms with E-state index in [1.54, 1.807) is 7.05 Å². The van der Waals surface area contributed by atoms with Gasteiger partial charge in [0, 0.05) is 30.5 Å². The first-order chi connectivity index (χ1) is 15.1. The summed E-state index contributed by atoms with van der Waals surface area (Å²) in [5, 5.41) is 11.6. The second-order valence-electron chi connectivity index (χ2n) is 6.38. The van der Waals surface area contributed by atoms with E-state index in [0.717, 1.165) is 6.07 Å². The lowest BCUT2D eigenvalue weighted by atomic mass is 10.1. The summed E-state index contributed by atoms with van der Waals surface area (Å²) in [6.07, 6.45) is -2.62. The van der Waals surface area contributed by atoms with Crippen molar-refractivity contribution in [2.75, 3.05) is 11.9 Å². The van der Waals surface area contributed by atoms with E-state index in [0.29, 0.717) is 35.4 Å². The van der Waals surface area contributed by atoms with E-state index in [2.05, 4.69) is 23.2 Å². The summed E-state index contributed by atoms with van der Waals surface area (Å²) >= 11 is 0. The lowest BCUT2D eigenvalue weighted by molar-refractivity contribution is -0.139. The molecule has 0 aliphatic carbocycles. The topological polar surface area (TPSA) is 83.4 Å². The number of fused-ring (bicyclic) bond motifs is 1. The molecule has 178 valence electrons. The van der Waals surface area contributed by atoms with E-state index in [-0.39, 0.29) is 18.0 Å². The van der Waals surface area contributed by atoms with E-state index < -0.39 is 40.5 Å². The Kier molecular flexibility index (Phi) is 10.3. The van der Waals surface area contributed by atoms with E-state index in [4.69, 9.17) is 0 Å². The van der Waals surface area contributed by atoms with Gasteiger partial charge in [-0.05, 0) is 31.0 Å². The van der Waals surface area contributed by atoms with Crippen LogP contribution in [-0.4, -0.2) is 32.4 Å². The number of carbonyl (C=O) groups excluding carboxylic acids is 1. The van der Waals surface area contributed by atoms with Crippen molar-refractivity contribution in [3.8, 4) is 0 Å². The highest BCUT2D eigenvalue weighted by Crippen LogP contribution is 2.33. The third kappa shape index (κ3) is 6.27. The minimum atomic E-state index is -4.89. The van der Waals surface area contributed by atoms with Crippen molar-refractivity contribution >= 4 is 22.6 Å². The van der Waals surface area contributed by atoms with Crippen LogP contribution in [-0.2, 0) is 30.6 Å². The number of anilines is 1. The van der Waals surface area contributed by atoms with E-state index in [9.17, 15) is 31.7 Å². The number of halogens is 4. The lowest BCUT2D eigenvalue weighted by Crippen LogP contribution is -2.32. The molecule has 0 spiro atoms. The van der Waals surface area contributed by atoms with E-state index >= 15 is 0 Å². The zero-order chi connectivity index (χ0) is 24.6. The molecule has 11 heteroatoms. The molecule has 6 nitrogen and oxygen atoms in total. The standard InChI is InChI=1S/C17H17F4N3O3S.C2H6.C2H4/c1-24-7-14-11(4-2-10(8-25)23-28(14)27)15(24)16(26)22-9-3-5-13(18)12(6-9)17(19,20)21;2*1-2/h3,5-7,10,23,25H,2,4,8H2,1H3,(H,22,26);1-2H3;1-2H2. The number of nitrogens with one attached hydrogen (secondary N) is 2. The Labute approximate surface area is 186 Å². The summed E-state index contributed by atoms with van der Waals surface area (Å²) in [7, 11) is -0.0910. The Hall–Kier alpha value is -2.50. The molecule has 32 heavy (non-hydrogen) atoms. The van der Waals surface area contributed by atoms with Gasteiger partial charge in [-0.1, -0.05) is 13.8 Å². The number of aromatic nitrogens is 1. The number of benzene rings is 1. The molecule has 3 N–H and O–H groups in total. The van der Waals surface area contributed by atoms with Crippen molar-refractivity contribution in [1.29, 1.82) is 0 Å². The van der Waals surface area contributed by atoms with Gasteiger partial charge in [0.15, 0.2) is 0 Å². The molecule has 0 fully saturated rings. The molecule has 0 bridgehead atoms. The Morgan fingerprint density at radius 3 is 2.53 bits per heavy atom. The van der Waals surface area contributed by atoms with Crippen molar-refractivity contribution in [1.82, 2.24) is 9.29 Å². The van der Waals surface area contributed by atoms with Gasteiger partial charge in [-0.3, -0.25) is 4.79 Å². The highest BCUT2D eigenvalue weighted by molar-refractivity contribution is 7.83. The maximum absolute atomic E-state index is 13.4. The van der Waals surface area contributed by atoms with E-state index in [1.807, 2.05) is 13.8 Å². The first kappa shape index (κ1) is 27.5. The lowest BCUT2D eigenvalue weighted by Gasteiger charge is -2.13. The maximum Gasteiger partial charge on any atom is 0.419 e. The van der Waals surface area contributed by atoms with Gasteiger partial charge < -0.3 is 15.0 Å². The second kappa shape index (κ2) is 11.9. The molecule has 2 heterocycles. The van der Waals surface area contributed by atoms with Gasteiger partial charge in [-0.15, -0.1) is 13.2 Å². The van der Waals surface area contributed by atoms with Crippen molar-refractivity contribution in [2.24, 2.45) is 7.05 Å². The normalized spacial score (nSPS) is 17.6. The van der Waals surface area contributed by atoms with Crippen LogP contribution >= 0.6 is 0 Å². The van der Waals surface area contributed by atoms with Gasteiger partial charge in [0.05, 0.1) is 17.1 Å².